The van der Waals surface area contributed by atoms with Gasteiger partial charge in [-0.25, -0.2) is 4.98 Å². The molecule has 3 aromatic carbocycles. The summed E-state index contributed by atoms with van der Waals surface area (Å²) in [6.07, 6.45) is 0. The van der Waals surface area contributed by atoms with E-state index < -0.39 is 0 Å². The lowest BCUT2D eigenvalue weighted by molar-refractivity contribution is -0.119. The monoisotopic (exact) mass is 496 g/mol. The molecule has 2 N–H and O–H groups in total. The summed E-state index contributed by atoms with van der Waals surface area (Å²) < 4.78 is 1.87. The summed E-state index contributed by atoms with van der Waals surface area (Å²) in [7, 11) is 0. The summed E-state index contributed by atoms with van der Waals surface area (Å²) in [5.41, 5.74) is 4.06. The fraction of sp³-hybridized carbons (Fsp3) is 0.143. The highest BCUT2D eigenvalue weighted by Gasteiger charge is 2.15. The van der Waals surface area contributed by atoms with Crippen molar-refractivity contribution in [2.24, 2.45) is 0 Å². The van der Waals surface area contributed by atoms with Crippen LogP contribution in [0.2, 0.25) is 0 Å². The Hall–Kier alpha value is -4.30. The van der Waals surface area contributed by atoms with Gasteiger partial charge in [-0.1, -0.05) is 48.5 Å². The van der Waals surface area contributed by atoms with E-state index in [-0.39, 0.29) is 29.8 Å². The molecule has 2 aromatic heterocycles. The minimum Gasteiger partial charge on any atom is -0.350 e. The number of hydrogen-bond acceptors (Lipinski definition) is 5. The minimum atomic E-state index is -0.227. The van der Waals surface area contributed by atoms with Crippen molar-refractivity contribution in [3.63, 3.8) is 0 Å². The Bertz CT molecular complexity index is 1590. The van der Waals surface area contributed by atoms with Crippen LogP contribution in [0.5, 0.6) is 0 Å². The number of hydrogen-bond donors (Lipinski definition) is 2. The molecule has 8 heteroatoms. The van der Waals surface area contributed by atoms with Crippen molar-refractivity contribution in [3.8, 4) is 11.3 Å². The smallest absolute Gasteiger partial charge is 0.246 e. The highest BCUT2D eigenvalue weighted by atomic mass is 32.1. The Kier molecular flexibility index (Phi) is 6.35. The number of benzene rings is 3. The molecule has 5 aromatic rings. The molecule has 180 valence electrons. The van der Waals surface area contributed by atoms with Gasteiger partial charge in [0.2, 0.25) is 11.8 Å². The van der Waals surface area contributed by atoms with Gasteiger partial charge in [-0.3, -0.25) is 14.4 Å². The number of pyridine rings is 1. The SMILES string of the molecule is CC(=O)NC(C)c1ccc(-c2csc(NC(=O)Cn3c4ccccc4c(=O)c4ccccc43)n2)cc1. The highest BCUT2D eigenvalue weighted by molar-refractivity contribution is 7.14. The van der Waals surface area contributed by atoms with Gasteiger partial charge in [0.25, 0.3) is 0 Å². The second-order valence-corrected chi connectivity index (χ2v) is 9.44. The number of fused-ring (bicyclic) bond motifs is 2. The van der Waals surface area contributed by atoms with Crippen LogP contribution in [0.1, 0.15) is 25.5 Å². The van der Waals surface area contributed by atoms with Crippen molar-refractivity contribution in [3.05, 3.63) is 94.0 Å². The van der Waals surface area contributed by atoms with Crippen LogP contribution >= 0.6 is 11.3 Å². The first-order valence-corrected chi connectivity index (χ1v) is 12.4. The van der Waals surface area contributed by atoms with Gasteiger partial charge in [0.05, 0.1) is 22.8 Å². The fourth-order valence-electron chi connectivity index (χ4n) is 4.34. The lowest BCUT2D eigenvalue weighted by Crippen LogP contribution is -2.23. The molecule has 0 spiro atoms. The maximum Gasteiger partial charge on any atom is 0.246 e. The van der Waals surface area contributed by atoms with E-state index in [1.54, 1.807) is 12.1 Å². The second kappa shape index (κ2) is 9.75. The number of nitrogens with zero attached hydrogens (tertiary/aromatic N) is 2. The molecule has 0 bridgehead atoms. The predicted molar refractivity (Wildman–Crippen MR) is 144 cm³/mol. The van der Waals surface area contributed by atoms with Crippen LogP contribution < -0.4 is 16.1 Å². The maximum absolute atomic E-state index is 13.0. The van der Waals surface area contributed by atoms with Gasteiger partial charge in [-0.2, -0.15) is 0 Å². The van der Waals surface area contributed by atoms with Gasteiger partial charge >= 0.3 is 0 Å². The highest BCUT2D eigenvalue weighted by Crippen LogP contribution is 2.27. The van der Waals surface area contributed by atoms with E-state index in [1.165, 1.54) is 18.3 Å². The minimum absolute atomic E-state index is 0.0417. The van der Waals surface area contributed by atoms with Crippen LogP contribution in [0, 0.1) is 0 Å². The molecule has 5 rings (SSSR count). The first-order chi connectivity index (χ1) is 17.4. The first-order valence-electron chi connectivity index (χ1n) is 11.5. The molecule has 2 heterocycles. The van der Waals surface area contributed by atoms with Crippen LogP contribution in [-0.4, -0.2) is 21.4 Å². The van der Waals surface area contributed by atoms with Crippen LogP contribution in [0.4, 0.5) is 5.13 Å². The van der Waals surface area contributed by atoms with Crippen LogP contribution in [-0.2, 0) is 16.1 Å². The van der Waals surface area contributed by atoms with Crippen LogP contribution in [0.25, 0.3) is 33.1 Å². The van der Waals surface area contributed by atoms with E-state index in [1.807, 2.05) is 77.5 Å². The van der Waals surface area contributed by atoms with Gasteiger partial charge in [0.1, 0.15) is 6.54 Å². The number of amides is 2. The largest absolute Gasteiger partial charge is 0.350 e. The van der Waals surface area contributed by atoms with E-state index in [4.69, 9.17) is 0 Å². The quantitative estimate of drug-likeness (QED) is 0.319. The van der Waals surface area contributed by atoms with Gasteiger partial charge < -0.3 is 15.2 Å². The fourth-order valence-corrected chi connectivity index (χ4v) is 5.08. The molecule has 1 atom stereocenters. The Balaban J connectivity index is 1.36. The zero-order valence-electron chi connectivity index (χ0n) is 19.8. The van der Waals surface area contributed by atoms with E-state index in [2.05, 4.69) is 15.6 Å². The van der Waals surface area contributed by atoms with E-state index in [0.29, 0.717) is 26.9 Å². The molecular formula is C28H24N4O3S. The van der Waals surface area contributed by atoms with Crippen LogP contribution in [0.3, 0.4) is 0 Å². The number of thiazole rings is 1. The Morgan fingerprint density at radius 3 is 2.17 bits per heavy atom. The molecule has 0 radical (unpaired) electrons. The van der Waals surface area contributed by atoms with Gasteiger partial charge in [-0.15, -0.1) is 11.3 Å². The zero-order chi connectivity index (χ0) is 25.2. The summed E-state index contributed by atoms with van der Waals surface area (Å²) in [6, 6.07) is 22.4. The Morgan fingerprint density at radius 2 is 1.56 bits per heavy atom. The summed E-state index contributed by atoms with van der Waals surface area (Å²) >= 11 is 1.35. The van der Waals surface area contributed by atoms with Crippen molar-refractivity contribution >= 4 is 50.1 Å². The molecule has 0 saturated carbocycles. The average molecular weight is 497 g/mol. The summed E-state index contributed by atoms with van der Waals surface area (Å²) in [5, 5.41) is 9.32. The number of nitrogens with one attached hydrogen (secondary N) is 2. The lowest BCUT2D eigenvalue weighted by atomic mass is 10.1. The Morgan fingerprint density at radius 1 is 0.944 bits per heavy atom. The number of carbonyl (C=O) groups excluding carboxylic acids is 2. The van der Waals surface area contributed by atoms with Gasteiger partial charge in [-0.05, 0) is 36.8 Å². The number of para-hydroxylation sites is 2. The van der Waals surface area contributed by atoms with Crippen molar-refractivity contribution in [2.75, 3.05) is 5.32 Å². The molecule has 0 aliphatic heterocycles. The standard InChI is InChI=1S/C28H24N4O3S/c1-17(29-18(2)33)19-11-13-20(14-12-19)23-16-36-28(30-23)31-26(34)15-32-24-9-5-3-7-21(24)27(35)22-8-4-6-10-25(22)32/h3-14,16-17H,15H2,1-2H3,(H,29,33)(H,30,31,34). The summed E-state index contributed by atoms with van der Waals surface area (Å²) in [4.78, 5) is 41.8. The predicted octanol–water partition coefficient (Wildman–Crippen LogP) is 5.11. The first kappa shape index (κ1) is 23.4. The van der Waals surface area contributed by atoms with Crippen molar-refractivity contribution < 1.29 is 9.59 Å². The number of rotatable bonds is 6. The third-order valence-corrected chi connectivity index (χ3v) is 6.82. The normalized spacial score (nSPS) is 11.9. The average Bonchev–Trinajstić information content (AvgIpc) is 3.34. The van der Waals surface area contributed by atoms with Crippen molar-refractivity contribution in [1.29, 1.82) is 0 Å². The van der Waals surface area contributed by atoms with Gasteiger partial charge in [0.15, 0.2) is 10.6 Å². The summed E-state index contributed by atoms with van der Waals surface area (Å²) in [5.74, 6) is -0.302. The molecule has 2 amide bonds. The molecular weight excluding hydrogens is 472 g/mol. The molecule has 0 saturated heterocycles. The number of aromatic nitrogens is 2. The van der Waals surface area contributed by atoms with E-state index >= 15 is 0 Å². The lowest BCUT2D eigenvalue weighted by Gasteiger charge is -2.14. The number of carbonyl (C=O) groups is 2. The molecule has 7 nitrogen and oxygen atoms in total. The Labute approximate surface area is 211 Å². The summed E-state index contributed by atoms with van der Waals surface area (Å²) in [6.45, 7) is 3.48. The van der Waals surface area contributed by atoms with E-state index in [9.17, 15) is 14.4 Å². The maximum atomic E-state index is 13.0. The van der Waals surface area contributed by atoms with E-state index in [0.717, 1.165) is 16.8 Å². The van der Waals surface area contributed by atoms with Crippen molar-refractivity contribution in [2.45, 2.75) is 26.4 Å². The molecule has 0 aliphatic rings. The van der Waals surface area contributed by atoms with Crippen molar-refractivity contribution in [1.82, 2.24) is 14.9 Å². The van der Waals surface area contributed by atoms with Crippen LogP contribution in [0.15, 0.2) is 83.0 Å². The molecule has 0 aliphatic carbocycles. The van der Waals surface area contributed by atoms with Gasteiger partial charge in [0, 0.05) is 28.6 Å². The molecule has 0 fully saturated rings. The third kappa shape index (κ3) is 4.63. The topological polar surface area (TPSA) is 93.1 Å². The molecule has 36 heavy (non-hydrogen) atoms. The number of anilines is 1. The third-order valence-electron chi connectivity index (χ3n) is 6.06. The molecule has 1 unspecified atom stereocenters. The zero-order valence-corrected chi connectivity index (χ0v) is 20.6. The second-order valence-electron chi connectivity index (χ2n) is 8.58.